The third kappa shape index (κ3) is 22.5. The maximum Gasteiger partial charge on any atom is 0.417 e. The van der Waals surface area contributed by atoms with Crippen LogP contribution in [0.4, 0.5) is 49.1 Å². The molecule has 0 aliphatic rings. The zero-order valence-corrected chi connectivity index (χ0v) is 70.5. The zero-order valence-electron chi connectivity index (χ0n) is 60.4. The number of carbonyl (C=O) groups is 4. The standard InChI is InChI=1S/C20H15ClF3N3O3S.C19H15Cl2N3O3S.C18H11Cl4N3O3S.C17H10Cl2F3N3O4S/c1-11-6-7-25-12(2)17(11)19(28)18-16(9-14(21)10-26-18)27-31(29,30)15-5-3-4-13(8-15)20(22,23)24;1-11-7-8-22-12(2)17(11)19(25)18-16(9-14(21)10-23-18)24-28(26,27)15-5-3-13(20)4-6-15;1-9-4-5-23-18(22)15(9)17(26)16-14(6-10(19)8-24-16)25-29(27,28)11-2-3-12(20)13(21)7-11;1-8-11(7-29-24-8)16(26)15-14(4-9(18)6-23-15)25-30(27,28)10-2-3-13(19)12(5-10)17(20,21)22/h3-10,27H,1-2H3;3-10,24H,1-2H3;2-8,25H,1H3;2-7,25H,1H3. The van der Waals surface area contributed by atoms with Crippen LogP contribution in [0.3, 0.4) is 0 Å². The van der Waals surface area contributed by atoms with Crippen molar-refractivity contribution in [1.29, 1.82) is 0 Å². The van der Waals surface area contributed by atoms with Crippen LogP contribution >= 0.6 is 104 Å². The van der Waals surface area contributed by atoms with E-state index in [1.165, 1.54) is 86.3 Å². The monoisotopic (exact) mass is 1870 g/mol. The highest BCUT2D eigenvalue weighted by atomic mass is 35.5. The van der Waals surface area contributed by atoms with Crippen LogP contribution in [-0.2, 0) is 52.4 Å². The Balaban J connectivity index is 0.000000179. The number of hydrogen-bond acceptors (Lipinski definition) is 21. The van der Waals surface area contributed by atoms with E-state index in [9.17, 15) is 79.2 Å². The molecule has 4 aromatic carbocycles. The van der Waals surface area contributed by atoms with Gasteiger partial charge in [0.15, 0.2) is 0 Å². The first-order chi connectivity index (χ1) is 55.1. The average molecular weight is 1880 g/mol. The Morgan fingerprint density at radius 3 is 1.10 bits per heavy atom. The maximum absolute atomic E-state index is 13.1. The number of rotatable bonds is 20. The van der Waals surface area contributed by atoms with Crippen LogP contribution in [0.2, 0.25) is 45.3 Å². The van der Waals surface area contributed by atoms with Crippen LogP contribution in [-0.4, -0.2) is 96.8 Å². The molecule has 0 unspecified atom stereocenters. The average Bonchev–Trinajstić information content (AvgIpc) is 0.871. The van der Waals surface area contributed by atoms with E-state index in [1.54, 1.807) is 59.0 Å². The molecular formula is C74H51Cl9F6N12O13S4. The quantitative estimate of drug-likeness (QED) is 0.0313. The summed E-state index contributed by atoms with van der Waals surface area (Å²) in [5, 5.41) is 3.87. The lowest BCUT2D eigenvalue weighted by molar-refractivity contribution is -0.138. The molecule has 0 saturated carbocycles. The molecular weight excluding hydrogens is 1830 g/mol. The summed E-state index contributed by atoms with van der Waals surface area (Å²) in [6.45, 7) is 9.94. The molecule has 8 heterocycles. The van der Waals surface area contributed by atoms with Gasteiger partial charge in [-0.15, -0.1) is 0 Å². The molecule has 0 radical (unpaired) electrons. The number of carbonyl (C=O) groups excluding carboxylic acids is 4. The van der Waals surface area contributed by atoms with Gasteiger partial charge in [-0.2, -0.15) is 26.3 Å². The highest BCUT2D eigenvalue weighted by Gasteiger charge is 2.37. The van der Waals surface area contributed by atoms with E-state index in [0.717, 1.165) is 61.1 Å². The molecule has 8 aromatic heterocycles. The number of benzene rings is 4. The molecule has 614 valence electrons. The van der Waals surface area contributed by atoms with E-state index in [2.05, 4.69) is 54.2 Å². The van der Waals surface area contributed by atoms with E-state index < -0.39 is 102 Å². The predicted octanol–water partition coefficient (Wildman–Crippen LogP) is 19.4. The van der Waals surface area contributed by atoms with Gasteiger partial charge in [0.2, 0.25) is 23.1 Å². The number of pyridine rings is 7. The number of alkyl halides is 6. The number of anilines is 4. The summed E-state index contributed by atoms with van der Waals surface area (Å²) < 4.78 is 194. The molecule has 118 heavy (non-hydrogen) atoms. The van der Waals surface area contributed by atoms with Crippen molar-refractivity contribution in [3.63, 3.8) is 0 Å². The third-order valence-corrected chi connectivity index (χ3v) is 24.0. The van der Waals surface area contributed by atoms with Crippen molar-refractivity contribution in [2.24, 2.45) is 0 Å². The fourth-order valence-corrected chi connectivity index (χ4v) is 16.4. The van der Waals surface area contributed by atoms with Crippen molar-refractivity contribution in [1.82, 2.24) is 40.0 Å². The van der Waals surface area contributed by atoms with E-state index in [-0.39, 0.29) is 113 Å². The van der Waals surface area contributed by atoms with E-state index in [1.807, 2.05) is 4.72 Å². The van der Waals surface area contributed by atoms with Gasteiger partial charge in [0.25, 0.3) is 40.1 Å². The summed E-state index contributed by atoms with van der Waals surface area (Å²) in [7, 11) is -17.2. The summed E-state index contributed by atoms with van der Waals surface area (Å²) in [5.74, 6) is -2.39. The molecule has 0 aliphatic carbocycles. The maximum atomic E-state index is 13.1. The molecule has 0 saturated heterocycles. The molecule has 25 nitrogen and oxygen atoms in total. The minimum Gasteiger partial charge on any atom is -0.364 e. The van der Waals surface area contributed by atoms with Gasteiger partial charge in [-0.25, -0.2) is 58.6 Å². The first-order valence-electron chi connectivity index (χ1n) is 32.6. The summed E-state index contributed by atoms with van der Waals surface area (Å²) in [4.78, 5) is 78.4. The highest BCUT2D eigenvalue weighted by Crippen LogP contribution is 2.39. The second-order valence-electron chi connectivity index (χ2n) is 24.4. The van der Waals surface area contributed by atoms with Gasteiger partial charge in [-0.3, -0.25) is 48.0 Å². The fourth-order valence-electron chi connectivity index (χ4n) is 10.5. The van der Waals surface area contributed by atoms with Gasteiger partial charge < -0.3 is 4.52 Å². The van der Waals surface area contributed by atoms with E-state index >= 15 is 0 Å². The van der Waals surface area contributed by atoms with Crippen LogP contribution in [0.5, 0.6) is 0 Å². The second kappa shape index (κ2) is 37.5. The van der Waals surface area contributed by atoms with Crippen LogP contribution in [0.25, 0.3) is 0 Å². The molecule has 0 spiro atoms. The van der Waals surface area contributed by atoms with Gasteiger partial charge >= 0.3 is 12.4 Å². The van der Waals surface area contributed by atoms with Crippen molar-refractivity contribution in [3.8, 4) is 0 Å². The Bertz CT molecular complexity index is 6410. The number of ketones is 4. The molecule has 0 bridgehead atoms. The minimum atomic E-state index is -4.87. The Labute approximate surface area is 713 Å². The molecule has 0 atom stereocenters. The minimum absolute atomic E-state index is 0.0102. The summed E-state index contributed by atoms with van der Waals surface area (Å²) in [5.41, 5.74) is -0.291. The lowest BCUT2D eigenvalue weighted by Gasteiger charge is -2.14. The van der Waals surface area contributed by atoms with Gasteiger partial charge in [-0.1, -0.05) is 116 Å². The Kier molecular flexibility index (Phi) is 29.2. The van der Waals surface area contributed by atoms with Crippen molar-refractivity contribution >= 4 is 190 Å². The van der Waals surface area contributed by atoms with Crippen LogP contribution in [0.15, 0.2) is 201 Å². The number of halogens is 15. The molecule has 44 heteroatoms. The summed E-state index contributed by atoms with van der Waals surface area (Å²) >= 11 is 52.9. The lowest BCUT2D eigenvalue weighted by atomic mass is 10.0. The first kappa shape index (κ1) is 91.9. The molecule has 0 fully saturated rings. The Morgan fingerprint density at radius 1 is 0.356 bits per heavy atom. The zero-order chi connectivity index (χ0) is 87.1. The van der Waals surface area contributed by atoms with Crippen molar-refractivity contribution < 1.29 is 83.7 Å². The molecule has 0 amide bonds. The third-order valence-electron chi connectivity index (χ3n) is 16.1. The van der Waals surface area contributed by atoms with Gasteiger partial charge in [0.1, 0.15) is 34.2 Å². The molecule has 12 rings (SSSR count). The lowest BCUT2D eigenvalue weighted by Crippen LogP contribution is -2.18. The van der Waals surface area contributed by atoms with Crippen molar-refractivity contribution in [3.05, 3.63) is 312 Å². The number of aromatic nitrogens is 8. The number of nitrogens with one attached hydrogen (secondary N) is 4. The van der Waals surface area contributed by atoms with Crippen LogP contribution in [0.1, 0.15) is 109 Å². The Morgan fingerprint density at radius 2 is 0.720 bits per heavy atom. The summed E-state index contributed by atoms with van der Waals surface area (Å²) in [6, 6.07) is 24.6. The van der Waals surface area contributed by atoms with Crippen molar-refractivity contribution in [2.75, 3.05) is 18.9 Å². The number of sulfonamides is 4. The van der Waals surface area contributed by atoms with Gasteiger partial charge in [0, 0.05) is 70.9 Å². The van der Waals surface area contributed by atoms with Gasteiger partial charge in [-0.05, 0) is 180 Å². The van der Waals surface area contributed by atoms with Crippen molar-refractivity contribution in [2.45, 2.75) is 73.5 Å². The topological polar surface area (TPSA) is 369 Å². The van der Waals surface area contributed by atoms with E-state index in [0.29, 0.717) is 50.8 Å². The van der Waals surface area contributed by atoms with E-state index in [4.69, 9.17) is 109 Å². The Hall–Kier alpha value is -9.99. The van der Waals surface area contributed by atoms with Crippen LogP contribution in [0, 0.1) is 41.5 Å². The number of nitrogens with zero attached hydrogens (tertiary/aromatic N) is 8. The summed E-state index contributed by atoms with van der Waals surface area (Å²) in [6.07, 6.45) is 0.832. The predicted molar refractivity (Wildman–Crippen MR) is 432 cm³/mol. The van der Waals surface area contributed by atoms with Crippen LogP contribution < -0.4 is 18.9 Å². The number of aryl methyl sites for hydroxylation is 6. The second-order valence-corrected chi connectivity index (χ2v) is 34.9. The SMILES string of the molecule is Cc1ccnc(C)c1C(=O)c1ncc(Cl)cc1NS(=O)(=O)c1ccc(Cl)cc1.Cc1ccnc(C)c1C(=O)c1ncc(Cl)cc1NS(=O)(=O)c1cccc(C(F)(F)F)c1.Cc1ccnc(Cl)c1C(=O)c1ncc(Cl)cc1NS(=O)(=O)c1ccc(Cl)c(Cl)c1.Cc1nocc1C(=O)c1ncc(Cl)cc1NS(=O)(=O)c1ccc(Cl)c(C(F)(F)F)c1. The van der Waals surface area contributed by atoms with Gasteiger partial charge in [0.05, 0.1) is 105 Å². The molecule has 12 aromatic rings. The molecule has 4 N–H and O–H groups in total. The number of hydrogen-bond donors (Lipinski definition) is 4. The smallest absolute Gasteiger partial charge is 0.364 e. The fraction of sp³-hybridized carbons (Fsp3) is 0.108. The first-order valence-corrected chi connectivity index (χ1v) is 42.0. The molecule has 0 aliphatic heterocycles. The highest BCUT2D eigenvalue weighted by molar-refractivity contribution is 7.93. The largest absolute Gasteiger partial charge is 0.417 e. The normalized spacial score (nSPS) is 11.7.